The lowest BCUT2D eigenvalue weighted by molar-refractivity contribution is -0.333. The molecule has 1 heterocycles. The van der Waals surface area contributed by atoms with Crippen molar-refractivity contribution >= 4 is 0 Å². The Morgan fingerprint density at radius 1 is 1.13 bits per heavy atom. The van der Waals surface area contributed by atoms with Crippen LogP contribution in [0.4, 0.5) is 0 Å². The molecule has 2 fully saturated rings. The standard InChI is InChI=1S/C13H24O2/c1-10(2)11-12(3,4)9-14-13(15-11)7-5-6-8-13/h10-11H,5-9H2,1-4H3/t11-/m1/s1. The molecule has 0 amide bonds. The molecule has 1 aliphatic carbocycles. The van der Waals surface area contributed by atoms with Crippen molar-refractivity contribution in [2.24, 2.45) is 11.3 Å². The third kappa shape index (κ3) is 2.07. The van der Waals surface area contributed by atoms with Gasteiger partial charge in [0.15, 0.2) is 5.79 Å². The minimum absolute atomic E-state index is 0.155. The molecule has 2 aliphatic rings. The molecule has 1 atom stereocenters. The minimum Gasteiger partial charge on any atom is -0.349 e. The van der Waals surface area contributed by atoms with Crippen molar-refractivity contribution in [1.82, 2.24) is 0 Å². The van der Waals surface area contributed by atoms with Crippen LogP contribution in [-0.4, -0.2) is 18.5 Å². The van der Waals surface area contributed by atoms with E-state index in [1.807, 2.05) is 0 Å². The zero-order chi connectivity index (χ0) is 11.1. The van der Waals surface area contributed by atoms with Gasteiger partial charge in [-0.1, -0.05) is 27.7 Å². The van der Waals surface area contributed by atoms with E-state index in [1.54, 1.807) is 0 Å². The molecule has 0 aromatic heterocycles. The van der Waals surface area contributed by atoms with Crippen molar-refractivity contribution < 1.29 is 9.47 Å². The van der Waals surface area contributed by atoms with Gasteiger partial charge >= 0.3 is 0 Å². The molecule has 0 unspecified atom stereocenters. The Bertz CT molecular complexity index is 227. The van der Waals surface area contributed by atoms with Gasteiger partial charge in [-0.3, -0.25) is 0 Å². The molecular weight excluding hydrogens is 188 g/mol. The summed E-state index contributed by atoms with van der Waals surface area (Å²) in [6, 6.07) is 0. The van der Waals surface area contributed by atoms with Crippen LogP contribution in [0.3, 0.4) is 0 Å². The monoisotopic (exact) mass is 212 g/mol. The molecule has 88 valence electrons. The molecule has 0 N–H and O–H groups in total. The molecule has 2 heteroatoms. The molecule has 2 nitrogen and oxygen atoms in total. The van der Waals surface area contributed by atoms with Gasteiger partial charge in [0.05, 0.1) is 12.7 Å². The van der Waals surface area contributed by atoms with Crippen molar-refractivity contribution in [2.75, 3.05) is 6.61 Å². The van der Waals surface area contributed by atoms with Crippen LogP contribution in [-0.2, 0) is 9.47 Å². The van der Waals surface area contributed by atoms with Gasteiger partial charge < -0.3 is 9.47 Å². The van der Waals surface area contributed by atoms with Gasteiger partial charge in [0.2, 0.25) is 0 Å². The normalized spacial score (nSPS) is 33.8. The minimum atomic E-state index is -0.218. The van der Waals surface area contributed by atoms with E-state index in [1.165, 1.54) is 12.8 Å². The predicted molar refractivity (Wildman–Crippen MR) is 60.6 cm³/mol. The fourth-order valence-corrected chi connectivity index (χ4v) is 3.04. The first-order valence-electron chi connectivity index (χ1n) is 6.27. The summed E-state index contributed by atoms with van der Waals surface area (Å²) < 4.78 is 12.3. The largest absolute Gasteiger partial charge is 0.349 e. The summed E-state index contributed by atoms with van der Waals surface area (Å²) in [5.74, 6) is 0.353. The van der Waals surface area contributed by atoms with E-state index in [0.29, 0.717) is 12.0 Å². The average Bonchev–Trinajstić information content (AvgIpc) is 2.59. The van der Waals surface area contributed by atoms with Crippen LogP contribution in [0, 0.1) is 11.3 Å². The summed E-state index contributed by atoms with van der Waals surface area (Å²) in [5.41, 5.74) is 0.155. The lowest BCUT2D eigenvalue weighted by Gasteiger charge is -2.49. The Balaban J connectivity index is 2.12. The van der Waals surface area contributed by atoms with Crippen LogP contribution in [0.1, 0.15) is 53.4 Å². The van der Waals surface area contributed by atoms with E-state index in [0.717, 1.165) is 19.4 Å². The van der Waals surface area contributed by atoms with Gasteiger partial charge in [0.25, 0.3) is 0 Å². The van der Waals surface area contributed by atoms with Gasteiger partial charge in [0.1, 0.15) is 0 Å². The number of hydrogen-bond acceptors (Lipinski definition) is 2. The Hall–Kier alpha value is -0.0800. The highest BCUT2D eigenvalue weighted by atomic mass is 16.7. The highest BCUT2D eigenvalue weighted by Crippen LogP contribution is 2.45. The second-order valence-corrected chi connectivity index (χ2v) is 6.18. The Kier molecular flexibility index (Phi) is 2.85. The number of ether oxygens (including phenoxy) is 2. The molecule has 0 aromatic rings. The van der Waals surface area contributed by atoms with Gasteiger partial charge in [-0.25, -0.2) is 0 Å². The summed E-state index contributed by atoms with van der Waals surface area (Å²) in [6.07, 6.45) is 5.03. The van der Waals surface area contributed by atoms with Crippen LogP contribution in [0.25, 0.3) is 0 Å². The number of rotatable bonds is 1. The molecule has 15 heavy (non-hydrogen) atoms. The Morgan fingerprint density at radius 2 is 1.73 bits per heavy atom. The molecule has 1 aliphatic heterocycles. The van der Waals surface area contributed by atoms with Gasteiger partial charge in [-0.2, -0.15) is 0 Å². The van der Waals surface area contributed by atoms with Crippen LogP contribution >= 0.6 is 0 Å². The second-order valence-electron chi connectivity index (χ2n) is 6.18. The smallest absolute Gasteiger partial charge is 0.168 e. The molecule has 0 radical (unpaired) electrons. The third-order valence-electron chi connectivity index (χ3n) is 3.79. The van der Waals surface area contributed by atoms with Crippen molar-refractivity contribution in [3.8, 4) is 0 Å². The lowest BCUT2D eigenvalue weighted by atomic mass is 9.80. The van der Waals surface area contributed by atoms with Crippen LogP contribution < -0.4 is 0 Å². The zero-order valence-electron chi connectivity index (χ0n) is 10.5. The maximum atomic E-state index is 6.29. The number of hydrogen-bond donors (Lipinski definition) is 0. The van der Waals surface area contributed by atoms with Crippen molar-refractivity contribution in [3.63, 3.8) is 0 Å². The van der Waals surface area contributed by atoms with E-state index in [-0.39, 0.29) is 11.2 Å². The van der Waals surface area contributed by atoms with Crippen molar-refractivity contribution in [3.05, 3.63) is 0 Å². The molecule has 0 bridgehead atoms. The Morgan fingerprint density at radius 3 is 2.27 bits per heavy atom. The quantitative estimate of drug-likeness (QED) is 0.663. The first kappa shape index (κ1) is 11.4. The van der Waals surface area contributed by atoms with E-state index in [2.05, 4.69) is 27.7 Å². The average molecular weight is 212 g/mol. The van der Waals surface area contributed by atoms with Crippen LogP contribution in [0.2, 0.25) is 0 Å². The fraction of sp³-hybridized carbons (Fsp3) is 1.00. The molecule has 2 rings (SSSR count). The highest BCUT2D eigenvalue weighted by molar-refractivity contribution is 4.91. The topological polar surface area (TPSA) is 18.5 Å². The van der Waals surface area contributed by atoms with Crippen molar-refractivity contribution in [2.45, 2.75) is 65.3 Å². The van der Waals surface area contributed by atoms with Crippen molar-refractivity contribution in [1.29, 1.82) is 0 Å². The summed E-state index contributed by atoms with van der Waals surface area (Å²) in [6.45, 7) is 9.84. The van der Waals surface area contributed by atoms with E-state index in [9.17, 15) is 0 Å². The Labute approximate surface area is 93.3 Å². The SMILES string of the molecule is CC(C)[C@H]1OC2(CCCC2)OCC1(C)C. The third-order valence-corrected chi connectivity index (χ3v) is 3.79. The van der Waals surface area contributed by atoms with E-state index in [4.69, 9.17) is 9.47 Å². The van der Waals surface area contributed by atoms with E-state index < -0.39 is 0 Å². The highest BCUT2D eigenvalue weighted by Gasteiger charge is 2.48. The van der Waals surface area contributed by atoms with Gasteiger partial charge in [-0.15, -0.1) is 0 Å². The van der Waals surface area contributed by atoms with Crippen LogP contribution in [0.5, 0.6) is 0 Å². The second kappa shape index (κ2) is 3.74. The lowest BCUT2D eigenvalue weighted by Crippen LogP contribution is -2.53. The summed E-state index contributed by atoms with van der Waals surface area (Å²) in [4.78, 5) is 0. The summed E-state index contributed by atoms with van der Waals surface area (Å²) in [5, 5.41) is 0. The molecular formula is C13H24O2. The maximum Gasteiger partial charge on any atom is 0.168 e. The molecule has 1 saturated heterocycles. The first-order valence-corrected chi connectivity index (χ1v) is 6.27. The van der Waals surface area contributed by atoms with Gasteiger partial charge in [0, 0.05) is 18.3 Å². The van der Waals surface area contributed by atoms with E-state index >= 15 is 0 Å². The molecule has 0 aromatic carbocycles. The molecule has 1 spiro atoms. The first-order chi connectivity index (χ1) is 6.95. The summed E-state index contributed by atoms with van der Waals surface area (Å²) >= 11 is 0. The maximum absolute atomic E-state index is 6.29. The zero-order valence-corrected chi connectivity index (χ0v) is 10.5. The molecule has 1 saturated carbocycles. The van der Waals surface area contributed by atoms with Crippen LogP contribution in [0.15, 0.2) is 0 Å². The predicted octanol–water partition coefficient (Wildman–Crippen LogP) is 3.35. The van der Waals surface area contributed by atoms with Gasteiger partial charge in [-0.05, 0) is 18.8 Å². The fourth-order valence-electron chi connectivity index (χ4n) is 3.04. The summed E-state index contributed by atoms with van der Waals surface area (Å²) in [7, 11) is 0.